The van der Waals surface area contributed by atoms with Crippen LogP contribution in [0.4, 0.5) is 0 Å². The third-order valence-electron chi connectivity index (χ3n) is 5.67. The molecule has 3 nitrogen and oxygen atoms in total. The number of hydrogen-bond acceptors (Lipinski definition) is 2. The van der Waals surface area contributed by atoms with Crippen LogP contribution in [0.15, 0.2) is 0 Å². The van der Waals surface area contributed by atoms with E-state index in [-0.39, 0.29) is 11.7 Å². The zero-order valence-electron chi connectivity index (χ0n) is 14.0. The van der Waals surface area contributed by atoms with Gasteiger partial charge < -0.3 is 4.90 Å². The summed E-state index contributed by atoms with van der Waals surface area (Å²) in [6.45, 7) is 11.9. The number of hydrogen-bond donors (Lipinski definition) is 1. The van der Waals surface area contributed by atoms with E-state index in [1.807, 2.05) is 0 Å². The zero-order chi connectivity index (χ0) is 15.0. The van der Waals surface area contributed by atoms with Crippen molar-refractivity contribution in [2.45, 2.75) is 84.8 Å². The first-order valence-electron chi connectivity index (χ1n) is 8.44. The maximum Gasteiger partial charge on any atom is 0.243 e. The van der Waals surface area contributed by atoms with Crippen molar-refractivity contribution >= 4 is 5.91 Å². The Kier molecular flexibility index (Phi) is 4.48. The summed E-state index contributed by atoms with van der Waals surface area (Å²) in [4.78, 5) is 15.0. The summed E-state index contributed by atoms with van der Waals surface area (Å²) in [6, 6.07) is 0. The first-order chi connectivity index (χ1) is 9.36. The Balaban J connectivity index is 2.15. The quantitative estimate of drug-likeness (QED) is 0.807. The Morgan fingerprint density at radius 1 is 1.30 bits per heavy atom. The maximum atomic E-state index is 12.8. The molecule has 0 radical (unpaired) electrons. The first kappa shape index (κ1) is 15.8. The predicted octanol–water partition coefficient (Wildman–Crippen LogP) is 3.54. The number of rotatable bonds is 6. The molecule has 20 heavy (non-hydrogen) atoms. The number of nitrogens with zero attached hydrogens (tertiary/aromatic N) is 1. The SMILES string of the molecule is CCC1(CN2C(=O)C(C)(CC)NC2CC(C)C)CCC1. The summed E-state index contributed by atoms with van der Waals surface area (Å²) in [6.07, 6.45) is 7.29. The Bertz CT molecular complexity index is 356. The Morgan fingerprint density at radius 3 is 2.35 bits per heavy atom. The fourth-order valence-electron chi connectivity index (χ4n) is 3.70. The molecule has 3 heteroatoms. The molecule has 1 amide bonds. The number of amides is 1. The van der Waals surface area contributed by atoms with E-state index < -0.39 is 0 Å². The van der Waals surface area contributed by atoms with E-state index in [0.717, 1.165) is 19.4 Å². The predicted molar refractivity (Wildman–Crippen MR) is 83.4 cm³/mol. The van der Waals surface area contributed by atoms with Gasteiger partial charge in [0.15, 0.2) is 0 Å². The van der Waals surface area contributed by atoms with Gasteiger partial charge in [-0.15, -0.1) is 0 Å². The van der Waals surface area contributed by atoms with Crippen molar-refractivity contribution in [1.82, 2.24) is 10.2 Å². The van der Waals surface area contributed by atoms with Crippen molar-refractivity contribution in [3.8, 4) is 0 Å². The van der Waals surface area contributed by atoms with Gasteiger partial charge in [-0.2, -0.15) is 0 Å². The number of carbonyl (C=O) groups excluding carboxylic acids is 1. The van der Waals surface area contributed by atoms with E-state index >= 15 is 0 Å². The van der Waals surface area contributed by atoms with Crippen LogP contribution in [0.1, 0.15) is 73.1 Å². The highest BCUT2D eigenvalue weighted by molar-refractivity contribution is 5.88. The molecule has 1 aliphatic carbocycles. The molecule has 1 N–H and O–H groups in total. The third-order valence-corrected chi connectivity index (χ3v) is 5.67. The number of carbonyl (C=O) groups is 1. The van der Waals surface area contributed by atoms with Crippen LogP contribution in [0, 0.1) is 11.3 Å². The van der Waals surface area contributed by atoms with Crippen LogP contribution in [-0.4, -0.2) is 29.1 Å². The molecule has 116 valence electrons. The van der Waals surface area contributed by atoms with Gasteiger partial charge in [0.25, 0.3) is 0 Å². The number of nitrogens with one attached hydrogen (secondary N) is 1. The van der Waals surface area contributed by atoms with Crippen LogP contribution < -0.4 is 5.32 Å². The van der Waals surface area contributed by atoms with Gasteiger partial charge in [0, 0.05) is 6.54 Å². The second-order valence-electron chi connectivity index (χ2n) is 7.62. The van der Waals surface area contributed by atoms with Crippen LogP contribution in [0.3, 0.4) is 0 Å². The van der Waals surface area contributed by atoms with Gasteiger partial charge >= 0.3 is 0 Å². The normalized spacial score (nSPS) is 32.8. The maximum absolute atomic E-state index is 12.8. The highest BCUT2D eigenvalue weighted by atomic mass is 16.2. The average Bonchev–Trinajstić information content (AvgIpc) is 2.57. The standard InChI is InChI=1S/C17H32N2O/c1-6-16(5)15(20)19(14(18-16)11-13(3)4)12-17(7-2)9-8-10-17/h13-14,18H,6-12H2,1-5H3. The molecule has 2 fully saturated rings. The van der Waals surface area contributed by atoms with E-state index in [1.165, 1.54) is 25.7 Å². The molecule has 2 rings (SSSR count). The minimum atomic E-state index is -0.349. The zero-order valence-corrected chi connectivity index (χ0v) is 14.0. The lowest BCUT2D eigenvalue weighted by molar-refractivity contribution is -0.135. The molecule has 2 atom stereocenters. The van der Waals surface area contributed by atoms with Gasteiger partial charge in [-0.1, -0.05) is 34.1 Å². The van der Waals surface area contributed by atoms with Gasteiger partial charge in [0.1, 0.15) is 0 Å². The molecule has 0 spiro atoms. The summed E-state index contributed by atoms with van der Waals surface area (Å²) in [5, 5.41) is 3.62. The van der Waals surface area contributed by atoms with E-state index in [0.29, 0.717) is 17.2 Å². The third kappa shape index (κ3) is 2.74. The molecule has 1 aliphatic heterocycles. The lowest BCUT2D eigenvalue weighted by Crippen LogP contribution is -2.48. The lowest BCUT2D eigenvalue weighted by atomic mass is 9.66. The van der Waals surface area contributed by atoms with Crippen molar-refractivity contribution in [2.24, 2.45) is 11.3 Å². The monoisotopic (exact) mass is 280 g/mol. The van der Waals surface area contributed by atoms with Crippen molar-refractivity contribution < 1.29 is 4.79 Å². The molecule has 1 heterocycles. The van der Waals surface area contributed by atoms with Crippen molar-refractivity contribution in [3.63, 3.8) is 0 Å². The molecule has 0 aromatic carbocycles. The summed E-state index contributed by atoms with van der Waals surface area (Å²) in [5.74, 6) is 0.936. The molecular formula is C17H32N2O. The smallest absolute Gasteiger partial charge is 0.243 e. The van der Waals surface area contributed by atoms with Crippen LogP contribution in [-0.2, 0) is 4.79 Å². The summed E-state index contributed by atoms with van der Waals surface area (Å²) in [7, 11) is 0. The minimum Gasteiger partial charge on any atom is -0.325 e. The van der Waals surface area contributed by atoms with Gasteiger partial charge in [-0.05, 0) is 50.4 Å². The molecule has 0 bridgehead atoms. The second kappa shape index (κ2) is 5.67. The van der Waals surface area contributed by atoms with E-state index in [4.69, 9.17) is 0 Å². The van der Waals surface area contributed by atoms with Crippen molar-refractivity contribution in [3.05, 3.63) is 0 Å². The Labute approximate surface area is 124 Å². The Hall–Kier alpha value is -0.570. The van der Waals surface area contributed by atoms with Gasteiger partial charge in [0.05, 0.1) is 11.7 Å². The topological polar surface area (TPSA) is 32.3 Å². The first-order valence-corrected chi connectivity index (χ1v) is 8.44. The fourth-order valence-corrected chi connectivity index (χ4v) is 3.70. The molecule has 0 aromatic rings. The van der Waals surface area contributed by atoms with Crippen molar-refractivity contribution in [2.75, 3.05) is 6.54 Å². The largest absolute Gasteiger partial charge is 0.325 e. The highest BCUT2D eigenvalue weighted by Crippen LogP contribution is 2.45. The van der Waals surface area contributed by atoms with Gasteiger partial charge in [0.2, 0.25) is 5.91 Å². The summed E-state index contributed by atoms with van der Waals surface area (Å²) < 4.78 is 0. The van der Waals surface area contributed by atoms with Crippen LogP contribution >= 0.6 is 0 Å². The molecule has 2 aliphatic rings. The molecular weight excluding hydrogens is 248 g/mol. The Morgan fingerprint density at radius 2 is 1.95 bits per heavy atom. The lowest BCUT2D eigenvalue weighted by Gasteiger charge is -2.45. The van der Waals surface area contributed by atoms with Crippen molar-refractivity contribution in [1.29, 1.82) is 0 Å². The van der Waals surface area contributed by atoms with E-state index in [9.17, 15) is 4.79 Å². The fraction of sp³-hybridized carbons (Fsp3) is 0.941. The molecule has 0 aromatic heterocycles. The summed E-state index contributed by atoms with van der Waals surface area (Å²) in [5.41, 5.74) is 0.0593. The van der Waals surface area contributed by atoms with Crippen LogP contribution in [0.5, 0.6) is 0 Å². The summed E-state index contributed by atoms with van der Waals surface area (Å²) >= 11 is 0. The highest BCUT2D eigenvalue weighted by Gasteiger charge is 2.49. The molecule has 1 saturated heterocycles. The van der Waals surface area contributed by atoms with Crippen LogP contribution in [0.2, 0.25) is 0 Å². The van der Waals surface area contributed by atoms with E-state index in [2.05, 4.69) is 44.8 Å². The van der Waals surface area contributed by atoms with E-state index in [1.54, 1.807) is 0 Å². The van der Waals surface area contributed by atoms with Crippen LogP contribution in [0.25, 0.3) is 0 Å². The second-order valence-corrected chi connectivity index (χ2v) is 7.62. The molecule has 1 saturated carbocycles. The van der Waals surface area contributed by atoms with Gasteiger partial charge in [-0.3, -0.25) is 10.1 Å². The minimum absolute atomic E-state index is 0.233. The molecule has 2 unspecified atom stereocenters. The average molecular weight is 280 g/mol. The van der Waals surface area contributed by atoms with Gasteiger partial charge in [-0.25, -0.2) is 0 Å².